The Morgan fingerprint density at radius 3 is 2.66 bits per heavy atom. The van der Waals surface area contributed by atoms with Crippen molar-refractivity contribution in [2.24, 2.45) is 0 Å². The summed E-state index contributed by atoms with van der Waals surface area (Å²) in [5.74, 6) is -1.13. The molecule has 0 aliphatic carbocycles. The van der Waals surface area contributed by atoms with E-state index in [0.717, 1.165) is 16.1 Å². The van der Waals surface area contributed by atoms with E-state index in [-0.39, 0.29) is 5.82 Å². The van der Waals surface area contributed by atoms with Gasteiger partial charge in [0.15, 0.2) is 11.0 Å². The second-order valence-electron chi connectivity index (χ2n) is 6.44. The van der Waals surface area contributed by atoms with E-state index in [1.54, 1.807) is 12.1 Å². The topological polar surface area (TPSA) is 70.7 Å². The van der Waals surface area contributed by atoms with Crippen LogP contribution < -0.4 is 5.32 Å². The number of aryl methyl sites for hydroxylation is 1. The lowest BCUT2D eigenvalue weighted by atomic mass is 10.1. The van der Waals surface area contributed by atoms with Crippen LogP contribution in [0.2, 0.25) is 0 Å². The van der Waals surface area contributed by atoms with Crippen LogP contribution in [0.15, 0.2) is 42.5 Å². The highest BCUT2D eigenvalue weighted by Crippen LogP contribution is 2.26. The maximum atomic E-state index is 13.1. The van der Waals surface area contributed by atoms with Gasteiger partial charge in [-0.1, -0.05) is 12.1 Å². The second-order valence-corrected chi connectivity index (χ2v) is 7.52. The van der Waals surface area contributed by atoms with Gasteiger partial charge in [-0.2, -0.15) is 0 Å². The number of benzene rings is 2. The quantitative estimate of drug-likeness (QED) is 0.467. The predicted molar refractivity (Wildman–Crippen MR) is 105 cm³/mol. The third-order valence-corrected chi connectivity index (χ3v) is 5.43. The number of H-pyrrole nitrogens is 1. The smallest absolute Gasteiger partial charge is 0.295 e. The van der Waals surface area contributed by atoms with Gasteiger partial charge < -0.3 is 4.98 Å². The first-order chi connectivity index (χ1) is 13.9. The van der Waals surface area contributed by atoms with Crippen molar-refractivity contribution in [1.82, 2.24) is 15.0 Å². The number of fused-ring (bicyclic) bond motifs is 1. The molecule has 0 radical (unpaired) electrons. The number of carbonyl (C=O) groups excluding carboxylic acids is 1. The molecule has 2 aromatic heterocycles. The zero-order valence-electron chi connectivity index (χ0n) is 15.2. The fourth-order valence-corrected chi connectivity index (χ4v) is 3.87. The van der Waals surface area contributed by atoms with Crippen molar-refractivity contribution in [3.8, 4) is 0 Å². The van der Waals surface area contributed by atoms with Crippen LogP contribution in [0.5, 0.6) is 0 Å². The van der Waals surface area contributed by atoms with Crippen LogP contribution >= 0.6 is 11.3 Å². The van der Waals surface area contributed by atoms with Gasteiger partial charge in [0.25, 0.3) is 12.3 Å². The number of nitrogens with one attached hydrogen (secondary N) is 2. The molecule has 1 amide bonds. The molecule has 0 spiro atoms. The molecule has 4 rings (SSSR count). The Kier molecular flexibility index (Phi) is 5.06. The first-order valence-corrected chi connectivity index (χ1v) is 9.50. The monoisotopic (exact) mass is 416 g/mol. The third-order valence-electron chi connectivity index (χ3n) is 4.36. The average Bonchev–Trinajstić information content (AvgIpc) is 3.26. The van der Waals surface area contributed by atoms with Crippen LogP contribution in [-0.2, 0) is 6.42 Å². The molecular formula is C20H15F3N4OS. The van der Waals surface area contributed by atoms with Gasteiger partial charge in [-0.25, -0.2) is 23.1 Å². The minimum atomic E-state index is -2.71. The summed E-state index contributed by atoms with van der Waals surface area (Å²) in [4.78, 5) is 24.2. The van der Waals surface area contributed by atoms with E-state index < -0.39 is 18.2 Å². The minimum absolute atomic E-state index is 0.294. The Bertz CT molecular complexity index is 1180. The maximum absolute atomic E-state index is 13.1. The summed E-state index contributed by atoms with van der Waals surface area (Å²) in [6.45, 7) is 1.84. The Morgan fingerprint density at radius 1 is 1.17 bits per heavy atom. The van der Waals surface area contributed by atoms with Gasteiger partial charge in [0.2, 0.25) is 0 Å². The number of amides is 1. The number of hydrogen-bond donors (Lipinski definition) is 2. The molecule has 0 aliphatic heterocycles. The molecule has 9 heteroatoms. The number of halogens is 3. The molecule has 0 bridgehead atoms. The molecule has 0 fully saturated rings. The van der Waals surface area contributed by atoms with Crippen molar-refractivity contribution >= 4 is 33.4 Å². The lowest BCUT2D eigenvalue weighted by Crippen LogP contribution is -2.11. The van der Waals surface area contributed by atoms with E-state index in [9.17, 15) is 18.0 Å². The number of anilines is 1. The summed E-state index contributed by atoms with van der Waals surface area (Å²) in [5, 5.41) is 3.17. The molecule has 0 unspecified atom stereocenters. The molecular weight excluding hydrogens is 401 g/mol. The molecule has 4 aromatic rings. The fraction of sp³-hybridized carbons (Fsp3) is 0.150. The van der Waals surface area contributed by atoms with Gasteiger partial charge in [0.05, 0.1) is 16.7 Å². The van der Waals surface area contributed by atoms with Crippen molar-refractivity contribution in [3.63, 3.8) is 0 Å². The molecule has 5 nitrogen and oxygen atoms in total. The normalized spacial score (nSPS) is 11.3. The molecule has 0 saturated carbocycles. The Labute approximate surface area is 167 Å². The zero-order valence-corrected chi connectivity index (χ0v) is 16.0. The number of aromatic nitrogens is 3. The van der Waals surface area contributed by atoms with Crippen molar-refractivity contribution < 1.29 is 18.0 Å². The summed E-state index contributed by atoms with van der Waals surface area (Å²) in [7, 11) is 0. The van der Waals surface area contributed by atoms with E-state index in [4.69, 9.17) is 0 Å². The van der Waals surface area contributed by atoms with Gasteiger partial charge in [0.1, 0.15) is 5.82 Å². The highest BCUT2D eigenvalue weighted by atomic mass is 32.1. The molecule has 0 saturated heterocycles. The number of nitrogens with zero attached hydrogens (tertiary/aromatic N) is 2. The summed E-state index contributed by atoms with van der Waals surface area (Å²) < 4.78 is 38.6. The first-order valence-electron chi connectivity index (χ1n) is 8.69. The van der Waals surface area contributed by atoms with Crippen molar-refractivity contribution in [2.45, 2.75) is 19.8 Å². The SMILES string of the molecule is Cc1nc(NC(=O)c2ccc3nc(C(F)F)[nH]c3c2)sc1Cc1ccc(F)cc1. The third kappa shape index (κ3) is 4.14. The molecule has 0 atom stereocenters. The van der Waals surface area contributed by atoms with Crippen LogP contribution in [0.25, 0.3) is 11.0 Å². The van der Waals surface area contributed by atoms with Crippen molar-refractivity contribution in [3.05, 3.63) is 75.8 Å². The maximum Gasteiger partial charge on any atom is 0.295 e. The highest BCUT2D eigenvalue weighted by Gasteiger charge is 2.16. The first kappa shape index (κ1) is 19.1. The minimum Gasteiger partial charge on any atom is -0.337 e. The van der Waals surface area contributed by atoms with E-state index in [0.29, 0.717) is 28.1 Å². The van der Waals surface area contributed by atoms with Crippen molar-refractivity contribution in [1.29, 1.82) is 0 Å². The average molecular weight is 416 g/mol. The number of carbonyl (C=O) groups is 1. The Morgan fingerprint density at radius 2 is 1.93 bits per heavy atom. The second kappa shape index (κ2) is 7.67. The van der Waals surface area contributed by atoms with Gasteiger partial charge in [0, 0.05) is 16.9 Å². The molecule has 29 heavy (non-hydrogen) atoms. The Balaban J connectivity index is 1.51. The predicted octanol–water partition coefficient (Wildman–Crippen LogP) is 5.25. The zero-order chi connectivity index (χ0) is 20.5. The summed E-state index contributed by atoms with van der Waals surface area (Å²) in [6.07, 6.45) is -2.13. The van der Waals surface area contributed by atoms with Gasteiger partial charge in [-0.05, 0) is 42.8 Å². The molecule has 2 N–H and O–H groups in total. The number of thiazole rings is 1. The molecule has 2 heterocycles. The largest absolute Gasteiger partial charge is 0.337 e. The van der Waals surface area contributed by atoms with E-state index in [1.165, 1.54) is 41.7 Å². The van der Waals surface area contributed by atoms with E-state index >= 15 is 0 Å². The van der Waals surface area contributed by atoms with Crippen LogP contribution in [0.3, 0.4) is 0 Å². The summed E-state index contributed by atoms with van der Waals surface area (Å²) in [6, 6.07) is 10.7. The lowest BCUT2D eigenvalue weighted by molar-refractivity contribution is 0.102. The Hall–Kier alpha value is -3.20. The van der Waals surface area contributed by atoms with Crippen molar-refractivity contribution in [2.75, 3.05) is 5.32 Å². The molecule has 2 aromatic carbocycles. The van der Waals surface area contributed by atoms with Crippen LogP contribution in [-0.4, -0.2) is 20.9 Å². The van der Waals surface area contributed by atoms with Crippen LogP contribution in [0.4, 0.5) is 18.3 Å². The number of aromatic amines is 1. The van der Waals surface area contributed by atoms with Crippen LogP contribution in [0, 0.1) is 12.7 Å². The highest BCUT2D eigenvalue weighted by molar-refractivity contribution is 7.15. The number of hydrogen-bond acceptors (Lipinski definition) is 4. The lowest BCUT2D eigenvalue weighted by Gasteiger charge is -2.01. The van der Waals surface area contributed by atoms with E-state index in [1.807, 2.05) is 6.92 Å². The van der Waals surface area contributed by atoms with E-state index in [2.05, 4.69) is 20.3 Å². The van der Waals surface area contributed by atoms with Gasteiger partial charge in [-0.15, -0.1) is 11.3 Å². The summed E-state index contributed by atoms with van der Waals surface area (Å²) >= 11 is 1.34. The standard InChI is InChI=1S/C20H15F3N4OS/c1-10-16(8-11-2-5-13(21)6-3-11)29-20(24-10)27-19(28)12-4-7-14-15(9-12)26-18(25-14)17(22)23/h2-7,9,17H,8H2,1H3,(H,25,26)(H,24,27,28). The number of alkyl halides is 2. The van der Waals surface area contributed by atoms with Gasteiger partial charge in [-0.3, -0.25) is 10.1 Å². The van der Waals surface area contributed by atoms with Crippen LogP contribution in [0.1, 0.15) is 38.7 Å². The number of imidazole rings is 1. The molecule has 0 aliphatic rings. The number of rotatable bonds is 5. The molecule has 148 valence electrons. The fourth-order valence-electron chi connectivity index (χ4n) is 2.88. The van der Waals surface area contributed by atoms with Gasteiger partial charge >= 0.3 is 0 Å². The summed E-state index contributed by atoms with van der Waals surface area (Å²) in [5.41, 5.74) is 2.74.